The normalized spacial score (nSPS) is 14.1. The van der Waals surface area contributed by atoms with Gasteiger partial charge in [-0.3, -0.25) is 4.90 Å². The number of anilines is 1. The van der Waals surface area contributed by atoms with Gasteiger partial charge in [-0.1, -0.05) is 32.0 Å². The van der Waals surface area contributed by atoms with Crippen molar-refractivity contribution < 1.29 is 9.53 Å². The first-order chi connectivity index (χ1) is 7.68. The molecule has 1 aliphatic rings. The van der Waals surface area contributed by atoms with E-state index < -0.39 is 0 Å². The maximum Gasteiger partial charge on any atom is 0.414 e. The molecule has 3 nitrogen and oxygen atoms in total. The zero-order valence-corrected chi connectivity index (χ0v) is 9.77. The van der Waals surface area contributed by atoms with Crippen LogP contribution in [0.5, 0.6) is 0 Å². The molecule has 0 fully saturated rings. The van der Waals surface area contributed by atoms with Gasteiger partial charge in [-0.15, -0.1) is 0 Å². The molecule has 16 heavy (non-hydrogen) atoms. The number of amides is 1. The van der Waals surface area contributed by atoms with Crippen LogP contribution >= 0.6 is 0 Å². The highest BCUT2D eigenvalue weighted by Crippen LogP contribution is 2.27. The van der Waals surface area contributed by atoms with Crippen molar-refractivity contribution in [2.24, 2.45) is 5.92 Å². The molecule has 1 aromatic carbocycles. The number of hydrogen-bond donors (Lipinski definition) is 0. The van der Waals surface area contributed by atoms with Crippen molar-refractivity contribution in [3.05, 3.63) is 29.8 Å². The Morgan fingerprint density at radius 1 is 1.44 bits per heavy atom. The summed E-state index contributed by atoms with van der Waals surface area (Å²) < 4.78 is 5.23. The summed E-state index contributed by atoms with van der Waals surface area (Å²) in [6.07, 6.45) is 0.700. The summed E-state index contributed by atoms with van der Waals surface area (Å²) in [6, 6.07) is 7.98. The summed E-state index contributed by atoms with van der Waals surface area (Å²) in [5.41, 5.74) is 2.22. The van der Waals surface area contributed by atoms with E-state index in [9.17, 15) is 4.79 Å². The molecular weight excluding hydrogens is 202 g/mol. The zero-order valence-electron chi connectivity index (χ0n) is 9.77. The van der Waals surface area contributed by atoms with Gasteiger partial charge in [0.1, 0.15) is 0 Å². The molecule has 0 bridgehead atoms. The van der Waals surface area contributed by atoms with Crippen molar-refractivity contribution in [2.45, 2.75) is 20.3 Å². The Kier molecular flexibility index (Phi) is 3.13. The topological polar surface area (TPSA) is 29.5 Å². The Morgan fingerprint density at radius 3 is 2.94 bits per heavy atom. The SMILES string of the molecule is CC(C)COC(=O)N1CCc2ccccc21. The average molecular weight is 219 g/mol. The van der Waals surface area contributed by atoms with E-state index in [2.05, 4.69) is 6.07 Å². The maximum atomic E-state index is 11.8. The van der Waals surface area contributed by atoms with Gasteiger partial charge in [-0.25, -0.2) is 4.79 Å². The van der Waals surface area contributed by atoms with Crippen LogP contribution in [0.25, 0.3) is 0 Å². The lowest BCUT2D eigenvalue weighted by Gasteiger charge is -2.17. The standard InChI is InChI=1S/C13H17NO2/c1-10(2)9-16-13(15)14-8-7-11-5-3-4-6-12(11)14/h3-6,10H,7-9H2,1-2H3. The van der Waals surface area contributed by atoms with Crippen LogP contribution in [0.3, 0.4) is 0 Å². The number of para-hydroxylation sites is 1. The Hall–Kier alpha value is -1.51. The third kappa shape index (κ3) is 2.18. The number of rotatable bonds is 2. The van der Waals surface area contributed by atoms with E-state index in [0.717, 1.165) is 18.7 Å². The van der Waals surface area contributed by atoms with Crippen molar-refractivity contribution >= 4 is 11.8 Å². The summed E-state index contributed by atoms with van der Waals surface area (Å²) >= 11 is 0. The summed E-state index contributed by atoms with van der Waals surface area (Å²) in [4.78, 5) is 13.5. The third-order valence-corrected chi connectivity index (χ3v) is 2.65. The predicted molar refractivity (Wildman–Crippen MR) is 63.7 cm³/mol. The van der Waals surface area contributed by atoms with Gasteiger partial charge in [0.25, 0.3) is 0 Å². The Labute approximate surface area is 96.0 Å². The molecule has 86 valence electrons. The van der Waals surface area contributed by atoms with Gasteiger partial charge in [0.2, 0.25) is 0 Å². The molecule has 0 aromatic heterocycles. The lowest BCUT2D eigenvalue weighted by molar-refractivity contribution is 0.140. The lowest BCUT2D eigenvalue weighted by atomic mass is 10.2. The molecule has 3 heteroatoms. The van der Waals surface area contributed by atoms with Crippen molar-refractivity contribution in [2.75, 3.05) is 18.1 Å². The van der Waals surface area contributed by atoms with E-state index in [0.29, 0.717) is 12.5 Å². The molecular formula is C13H17NO2. The van der Waals surface area contributed by atoms with Crippen LogP contribution in [0.4, 0.5) is 10.5 Å². The fraction of sp³-hybridized carbons (Fsp3) is 0.462. The minimum absolute atomic E-state index is 0.223. The highest BCUT2D eigenvalue weighted by Gasteiger charge is 2.25. The van der Waals surface area contributed by atoms with Crippen molar-refractivity contribution in [3.63, 3.8) is 0 Å². The smallest absolute Gasteiger partial charge is 0.414 e. The molecule has 2 rings (SSSR count). The number of carbonyl (C=O) groups is 1. The van der Waals surface area contributed by atoms with Crippen molar-refractivity contribution in [3.8, 4) is 0 Å². The van der Waals surface area contributed by atoms with E-state index in [1.54, 1.807) is 4.90 Å². The van der Waals surface area contributed by atoms with Crippen LogP contribution in [0.2, 0.25) is 0 Å². The van der Waals surface area contributed by atoms with E-state index in [4.69, 9.17) is 4.74 Å². The van der Waals surface area contributed by atoms with E-state index in [1.165, 1.54) is 5.56 Å². The molecule has 1 aromatic rings. The Morgan fingerprint density at radius 2 is 2.19 bits per heavy atom. The number of hydrogen-bond acceptors (Lipinski definition) is 2. The third-order valence-electron chi connectivity index (χ3n) is 2.65. The van der Waals surface area contributed by atoms with Gasteiger partial charge in [0, 0.05) is 6.54 Å². The summed E-state index contributed by atoms with van der Waals surface area (Å²) in [6.45, 7) is 5.28. The fourth-order valence-electron chi connectivity index (χ4n) is 1.84. The molecule has 0 N–H and O–H groups in total. The highest BCUT2D eigenvalue weighted by molar-refractivity contribution is 5.90. The van der Waals surface area contributed by atoms with Crippen LogP contribution in [-0.4, -0.2) is 19.2 Å². The Bertz CT molecular complexity index is 387. The molecule has 0 saturated carbocycles. The van der Waals surface area contributed by atoms with Crippen LogP contribution in [0, 0.1) is 5.92 Å². The van der Waals surface area contributed by atoms with Crippen LogP contribution < -0.4 is 4.90 Å². The van der Waals surface area contributed by atoms with Crippen LogP contribution in [-0.2, 0) is 11.2 Å². The molecule has 1 amide bonds. The van der Waals surface area contributed by atoms with Gasteiger partial charge in [0.15, 0.2) is 0 Å². The first-order valence-electron chi connectivity index (χ1n) is 5.70. The number of fused-ring (bicyclic) bond motifs is 1. The quantitative estimate of drug-likeness (QED) is 0.765. The monoisotopic (exact) mass is 219 g/mol. The molecule has 0 radical (unpaired) electrons. The second-order valence-corrected chi connectivity index (χ2v) is 4.50. The molecule has 0 spiro atoms. The van der Waals surface area contributed by atoms with Crippen LogP contribution in [0.1, 0.15) is 19.4 Å². The van der Waals surface area contributed by atoms with E-state index in [1.807, 2.05) is 32.0 Å². The molecule has 1 heterocycles. The van der Waals surface area contributed by atoms with Gasteiger partial charge < -0.3 is 4.74 Å². The van der Waals surface area contributed by atoms with Gasteiger partial charge >= 0.3 is 6.09 Å². The van der Waals surface area contributed by atoms with Crippen molar-refractivity contribution in [1.29, 1.82) is 0 Å². The largest absolute Gasteiger partial charge is 0.449 e. The van der Waals surface area contributed by atoms with Crippen molar-refractivity contribution in [1.82, 2.24) is 0 Å². The van der Waals surface area contributed by atoms with Crippen LogP contribution in [0.15, 0.2) is 24.3 Å². The molecule has 0 saturated heterocycles. The summed E-state index contributed by atoms with van der Waals surface area (Å²) in [7, 11) is 0. The fourth-order valence-corrected chi connectivity index (χ4v) is 1.84. The number of benzene rings is 1. The molecule has 0 atom stereocenters. The second-order valence-electron chi connectivity index (χ2n) is 4.50. The number of nitrogens with zero attached hydrogens (tertiary/aromatic N) is 1. The number of carbonyl (C=O) groups excluding carboxylic acids is 1. The summed E-state index contributed by atoms with van der Waals surface area (Å²) in [5.74, 6) is 0.377. The zero-order chi connectivity index (χ0) is 11.5. The second kappa shape index (κ2) is 4.56. The lowest BCUT2D eigenvalue weighted by Crippen LogP contribution is -2.30. The van der Waals surface area contributed by atoms with E-state index in [-0.39, 0.29) is 6.09 Å². The average Bonchev–Trinajstić information content (AvgIpc) is 2.69. The van der Waals surface area contributed by atoms with E-state index >= 15 is 0 Å². The molecule has 0 unspecified atom stereocenters. The molecule has 0 aliphatic carbocycles. The van der Waals surface area contributed by atoms with Gasteiger partial charge in [-0.2, -0.15) is 0 Å². The Balaban J connectivity index is 2.04. The highest BCUT2D eigenvalue weighted by atomic mass is 16.6. The molecule has 1 aliphatic heterocycles. The first-order valence-corrected chi connectivity index (χ1v) is 5.70. The number of ether oxygens (including phenoxy) is 1. The van der Waals surface area contributed by atoms with Gasteiger partial charge in [-0.05, 0) is 24.0 Å². The minimum Gasteiger partial charge on any atom is -0.449 e. The maximum absolute atomic E-state index is 11.8. The minimum atomic E-state index is -0.223. The first kappa shape index (κ1) is 11.0. The van der Waals surface area contributed by atoms with Gasteiger partial charge in [0.05, 0.1) is 12.3 Å². The predicted octanol–water partition coefficient (Wildman–Crippen LogP) is 2.84. The summed E-state index contributed by atoms with van der Waals surface area (Å²) in [5, 5.41) is 0.